The minimum Gasteiger partial charge on any atom is -0.396 e. The zero-order valence-corrected chi connectivity index (χ0v) is 15.6. The Labute approximate surface area is 151 Å². The summed E-state index contributed by atoms with van der Waals surface area (Å²) in [6.07, 6.45) is 4.09. The van der Waals surface area contributed by atoms with Crippen molar-refractivity contribution in [3.8, 4) is 0 Å². The van der Waals surface area contributed by atoms with E-state index < -0.39 is 0 Å². The molecule has 5 heteroatoms. The number of carbonyl (C=O) groups excluding carboxylic acids is 1. The van der Waals surface area contributed by atoms with Gasteiger partial charge in [-0.3, -0.25) is 4.90 Å². The van der Waals surface area contributed by atoms with Crippen LogP contribution in [0.4, 0.5) is 4.79 Å². The minimum absolute atomic E-state index is 0.0669. The van der Waals surface area contributed by atoms with Crippen LogP contribution in [0.5, 0.6) is 0 Å². The Morgan fingerprint density at radius 2 is 2.12 bits per heavy atom. The first-order valence-electron chi connectivity index (χ1n) is 9.53. The van der Waals surface area contributed by atoms with Gasteiger partial charge in [-0.25, -0.2) is 4.79 Å². The number of hydrogen-bond acceptors (Lipinski definition) is 3. The number of aliphatic hydroxyl groups excluding tert-OH is 1. The van der Waals surface area contributed by atoms with Gasteiger partial charge in [-0.1, -0.05) is 31.2 Å². The number of aliphatic hydroxyl groups is 1. The van der Waals surface area contributed by atoms with Gasteiger partial charge in [0.2, 0.25) is 0 Å². The molecule has 1 aliphatic rings. The molecule has 1 fully saturated rings. The maximum atomic E-state index is 12.0. The molecule has 1 heterocycles. The molecule has 2 atom stereocenters. The molecule has 140 valence electrons. The highest BCUT2D eigenvalue weighted by Gasteiger charge is 2.17. The van der Waals surface area contributed by atoms with Gasteiger partial charge in [-0.15, -0.1) is 0 Å². The molecule has 0 aliphatic carbocycles. The first kappa shape index (κ1) is 19.7. The number of hydrogen-bond donors (Lipinski definition) is 3. The molecule has 2 rings (SSSR count). The van der Waals surface area contributed by atoms with Gasteiger partial charge in [-0.2, -0.15) is 0 Å². The molecule has 2 unspecified atom stereocenters. The summed E-state index contributed by atoms with van der Waals surface area (Å²) in [6.45, 7) is 8.26. The van der Waals surface area contributed by atoms with Crippen molar-refractivity contribution in [3.05, 3.63) is 35.4 Å². The fraction of sp³-hybridized carbons (Fsp3) is 0.650. The van der Waals surface area contributed by atoms with Crippen LogP contribution in [0.15, 0.2) is 24.3 Å². The fourth-order valence-corrected chi connectivity index (χ4v) is 3.48. The molecule has 5 nitrogen and oxygen atoms in total. The maximum Gasteiger partial charge on any atom is 0.315 e. The second-order valence-electron chi connectivity index (χ2n) is 7.35. The number of likely N-dealkylation sites (tertiary alicyclic amines) is 1. The van der Waals surface area contributed by atoms with E-state index >= 15 is 0 Å². The minimum atomic E-state index is -0.146. The molecule has 2 amide bonds. The second-order valence-corrected chi connectivity index (χ2v) is 7.35. The highest BCUT2D eigenvalue weighted by molar-refractivity contribution is 5.74. The Balaban J connectivity index is 1.84. The molecule has 1 aromatic carbocycles. The molecule has 0 bridgehead atoms. The molecular formula is C20H33N3O2. The summed E-state index contributed by atoms with van der Waals surface area (Å²) in [5, 5.41) is 14.7. The summed E-state index contributed by atoms with van der Waals surface area (Å²) in [5.74, 6) is 0.769. The lowest BCUT2D eigenvalue weighted by molar-refractivity contribution is 0.176. The smallest absolute Gasteiger partial charge is 0.315 e. The van der Waals surface area contributed by atoms with E-state index in [1.165, 1.54) is 24.0 Å². The molecule has 0 spiro atoms. The quantitative estimate of drug-likeness (QED) is 0.677. The van der Waals surface area contributed by atoms with Crippen LogP contribution >= 0.6 is 0 Å². The summed E-state index contributed by atoms with van der Waals surface area (Å²) >= 11 is 0. The highest BCUT2D eigenvalue weighted by atomic mass is 16.3. The molecule has 0 radical (unpaired) electrons. The largest absolute Gasteiger partial charge is 0.396 e. The van der Waals surface area contributed by atoms with E-state index in [-0.39, 0.29) is 18.7 Å². The normalized spacial score (nSPS) is 19.4. The van der Waals surface area contributed by atoms with E-state index in [0.29, 0.717) is 13.0 Å². The van der Waals surface area contributed by atoms with Crippen LogP contribution in [-0.4, -0.2) is 41.8 Å². The van der Waals surface area contributed by atoms with Crippen molar-refractivity contribution in [1.29, 1.82) is 0 Å². The van der Waals surface area contributed by atoms with Crippen molar-refractivity contribution in [2.24, 2.45) is 5.92 Å². The number of rotatable bonds is 8. The lowest BCUT2D eigenvalue weighted by Gasteiger charge is -2.31. The number of carbonyl (C=O) groups is 1. The van der Waals surface area contributed by atoms with E-state index in [0.717, 1.165) is 32.0 Å². The van der Waals surface area contributed by atoms with Crippen LogP contribution in [0.2, 0.25) is 0 Å². The Morgan fingerprint density at radius 1 is 1.36 bits per heavy atom. The van der Waals surface area contributed by atoms with E-state index in [4.69, 9.17) is 5.11 Å². The summed E-state index contributed by atoms with van der Waals surface area (Å²) in [6, 6.07) is 8.28. The summed E-state index contributed by atoms with van der Waals surface area (Å²) < 4.78 is 0. The average molecular weight is 348 g/mol. The van der Waals surface area contributed by atoms with Crippen LogP contribution in [0, 0.1) is 5.92 Å². The highest BCUT2D eigenvalue weighted by Crippen LogP contribution is 2.19. The standard InChI is InChI=1S/C20H33N3O2/c1-16-7-5-11-23(14-16)15-19-10-4-3-9-18(19)13-21-20(25)22-17(2)8-6-12-24/h3-4,9-10,16-17,24H,5-8,11-15H2,1-2H3,(H2,21,22,25). The molecular weight excluding hydrogens is 314 g/mol. The number of nitrogens with one attached hydrogen (secondary N) is 2. The van der Waals surface area contributed by atoms with E-state index in [1.54, 1.807) is 0 Å². The van der Waals surface area contributed by atoms with Crippen LogP contribution in [0.1, 0.15) is 50.7 Å². The van der Waals surface area contributed by atoms with E-state index in [2.05, 4.69) is 40.7 Å². The van der Waals surface area contributed by atoms with Crippen LogP contribution in [0.25, 0.3) is 0 Å². The van der Waals surface area contributed by atoms with Crippen molar-refractivity contribution >= 4 is 6.03 Å². The second kappa shape index (κ2) is 10.4. The van der Waals surface area contributed by atoms with Gasteiger partial charge in [0.15, 0.2) is 0 Å². The third-order valence-corrected chi connectivity index (χ3v) is 4.87. The zero-order valence-electron chi connectivity index (χ0n) is 15.6. The fourth-order valence-electron chi connectivity index (χ4n) is 3.48. The zero-order chi connectivity index (χ0) is 18.1. The Bertz CT molecular complexity index is 535. The van der Waals surface area contributed by atoms with Crippen LogP contribution < -0.4 is 10.6 Å². The van der Waals surface area contributed by atoms with Crippen molar-refractivity contribution in [2.75, 3.05) is 19.7 Å². The Hall–Kier alpha value is -1.59. The van der Waals surface area contributed by atoms with Crippen molar-refractivity contribution in [2.45, 2.75) is 58.7 Å². The Morgan fingerprint density at radius 3 is 2.84 bits per heavy atom. The summed E-state index contributed by atoms with van der Waals surface area (Å²) in [5.41, 5.74) is 2.48. The predicted octanol–water partition coefficient (Wildman–Crippen LogP) is 2.88. The lowest BCUT2D eigenvalue weighted by atomic mass is 9.99. The molecule has 1 aliphatic heterocycles. The lowest BCUT2D eigenvalue weighted by Crippen LogP contribution is -2.40. The molecule has 3 N–H and O–H groups in total. The first-order chi connectivity index (χ1) is 12.1. The van der Waals surface area contributed by atoms with Gasteiger partial charge in [0.1, 0.15) is 0 Å². The number of urea groups is 1. The van der Waals surface area contributed by atoms with Crippen molar-refractivity contribution < 1.29 is 9.90 Å². The topological polar surface area (TPSA) is 64.6 Å². The summed E-state index contributed by atoms with van der Waals surface area (Å²) in [4.78, 5) is 14.6. The van der Waals surface area contributed by atoms with Crippen molar-refractivity contribution in [1.82, 2.24) is 15.5 Å². The van der Waals surface area contributed by atoms with Crippen molar-refractivity contribution in [3.63, 3.8) is 0 Å². The van der Waals surface area contributed by atoms with Gasteiger partial charge < -0.3 is 15.7 Å². The van der Waals surface area contributed by atoms with Gasteiger partial charge >= 0.3 is 6.03 Å². The number of benzene rings is 1. The van der Waals surface area contributed by atoms with Gasteiger partial charge in [-0.05, 0) is 56.2 Å². The van der Waals surface area contributed by atoms with Gasteiger partial charge in [0.25, 0.3) is 0 Å². The number of amides is 2. The molecule has 1 aromatic rings. The van der Waals surface area contributed by atoms with Crippen LogP contribution in [-0.2, 0) is 13.1 Å². The predicted molar refractivity (Wildman–Crippen MR) is 101 cm³/mol. The maximum absolute atomic E-state index is 12.0. The van der Waals surface area contributed by atoms with Gasteiger partial charge in [0, 0.05) is 32.3 Å². The van der Waals surface area contributed by atoms with E-state index in [1.807, 2.05) is 13.0 Å². The van der Waals surface area contributed by atoms with Gasteiger partial charge in [0.05, 0.1) is 0 Å². The van der Waals surface area contributed by atoms with E-state index in [9.17, 15) is 4.79 Å². The average Bonchev–Trinajstić information content (AvgIpc) is 2.59. The Kier molecular flexibility index (Phi) is 8.22. The third-order valence-electron chi connectivity index (χ3n) is 4.87. The first-order valence-corrected chi connectivity index (χ1v) is 9.53. The van der Waals surface area contributed by atoms with Crippen LogP contribution in [0.3, 0.4) is 0 Å². The molecule has 0 saturated carbocycles. The molecule has 0 aromatic heterocycles. The summed E-state index contributed by atoms with van der Waals surface area (Å²) in [7, 11) is 0. The molecule has 25 heavy (non-hydrogen) atoms. The monoisotopic (exact) mass is 347 g/mol. The number of piperidine rings is 1. The number of nitrogens with zero attached hydrogens (tertiary/aromatic N) is 1. The third kappa shape index (κ3) is 7.04. The SMILES string of the molecule is CC1CCCN(Cc2ccccc2CNC(=O)NC(C)CCCO)C1. The molecule has 1 saturated heterocycles.